The van der Waals surface area contributed by atoms with Gasteiger partial charge in [0.25, 0.3) is 0 Å². The van der Waals surface area contributed by atoms with E-state index in [-0.39, 0.29) is 17.1 Å². The summed E-state index contributed by atoms with van der Waals surface area (Å²) in [4.78, 5) is 20.1. The number of pyridine rings is 1. The SMILES string of the molecule is CN(C)CCCOc1ccc(-c2ccc3nnc4c(c3c2)n([C@H]2CCOCC2(C)C)c(=O)n4C)cn1. The highest BCUT2D eigenvalue weighted by atomic mass is 16.5. The van der Waals surface area contributed by atoms with Gasteiger partial charge in [0.15, 0.2) is 5.65 Å². The molecule has 1 saturated heterocycles. The van der Waals surface area contributed by atoms with E-state index in [0.29, 0.717) is 31.3 Å². The molecule has 0 unspecified atom stereocenters. The number of hydrogen-bond acceptors (Lipinski definition) is 7. The van der Waals surface area contributed by atoms with Crippen molar-refractivity contribution < 1.29 is 9.47 Å². The standard InChI is InChI=1S/C27H34N6O3/c1-27(2)17-35-14-11-22(27)33-24-20-15-18(7-9-21(20)29-30-25(24)32(5)26(33)34)19-8-10-23(28-16-19)36-13-6-12-31(3)4/h7-10,15-16,22H,6,11-14,17H2,1-5H3/t22-/m0/s1. The van der Waals surface area contributed by atoms with Gasteiger partial charge < -0.3 is 14.4 Å². The Labute approximate surface area is 210 Å². The molecule has 0 spiro atoms. The predicted molar refractivity (Wildman–Crippen MR) is 140 cm³/mol. The van der Waals surface area contributed by atoms with Crippen LogP contribution >= 0.6 is 0 Å². The molecule has 1 aliphatic heterocycles. The Kier molecular flexibility index (Phi) is 6.53. The molecule has 0 amide bonds. The van der Waals surface area contributed by atoms with E-state index in [1.807, 2.05) is 35.0 Å². The van der Waals surface area contributed by atoms with Gasteiger partial charge in [0.1, 0.15) is 5.52 Å². The molecule has 0 radical (unpaired) electrons. The number of ether oxygens (including phenoxy) is 2. The first kappa shape index (κ1) is 24.4. The van der Waals surface area contributed by atoms with Crippen LogP contribution in [0.25, 0.3) is 33.2 Å². The highest BCUT2D eigenvalue weighted by molar-refractivity contribution is 6.02. The second kappa shape index (κ2) is 9.63. The Balaban J connectivity index is 1.54. The Hall–Kier alpha value is -3.30. The van der Waals surface area contributed by atoms with Crippen LogP contribution in [0.3, 0.4) is 0 Å². The lowest BCUT2D eigenvalue weighted by molar-refractivity contribution is -0.0253. The summed E-state index contributed by atoms with van der Waals surface area (Å²) in [6, 6.07) is 9.98. The summed E-state index contributed by atoms with van der Waals surface area (Å²) in [6.07, 6.45) is 3.55. The fraction of sp³-hybridized carbons (Fsp3) is 0.481. The lowest BCUT2D eigenvalue weighted by Crippen LogP contribution is -2.41. The van der Waals surface area contributed by atoms with Gasteiger partial charge in [0, 0.05) is 54.9 Å². The van der Waals surface area contributed by atoms with Crippen molar-refractivity contribution in [1.82, 2.24) is 29.2 Å². The molecule has 3 aromatic heterocycles. The molecule has 0 bridgehead atoms. The molecule has 1 atom stereocenters. The highest BCUT2D eigenvalue weighted by Crippen LogP contribution is 2.39. The van der Waals surface area contributed by atoms with E-state index in [4.69, 9.17) is 9.47 Å². The molecule has 1 aliphatic rings. The molecule has 36 heavy (non-hydrogen) atoms. The van der Waals surface area contributed by atoms with E-state index in [1.165, 1.54) is 0 Å². The molecule has 1 aromatic carbocycles. The largest absolute Gasteiger partial charge is 0.478 e. The smallest absolute Gasteiger partial charge is 0.330 e. The first-order valence-corrected chi connectivity index (χ1v) is 12.5. The number of aryl methyl sites for hydroxylation is 1. The van der Waals surface area contributed by atoms with Crippen LogP contribution in [0.5, 0.6) is 5.88 Å². The second-order valence-corrected chi connectivity index (χ2v) is 10.6. The van der Waals surface area contributed by atoms with Crippen molar-refractivity contribution in [2.75, 3.05) is 40.5 Å². The van der Waals surface area contributed by atoms with Gasteiger partial charge in [-0.3, -0.25) is 9.13 Å². The molecule has 0 aliphatic carbocycles. The summed E-state index contributed by atoms with van der Waals surface area (Å²) in [6.45, 7) is 7.15. The molecule has 0 saturated carbocycles. The molecule has 4 aromatic rings. The predicted octanol–water partition coefficient (Wildman–Crippen LogP) is 3.66. The number of benzene rings is 1. The van der Waals surface area contributed by atoms with Crippen LogP contribution in [-0.4, -0.2) is 69.7 Å². The molecule has 0 N–H and O–H groups in total. The third-order valence-electron chi connectivity index (χ3n) is 7.06. The quantitative estimate of drug-likeness (QED) is 0.365. The maximum absolute atomic E-state index is 13.4. The molecule has 9 heteroatoms. The summed E-state index contributed by atoms with van der Waals surface area (Å²) in [5.74, 6) is 0.616. The third-order valence-corrected chi connectivity index (χ3v) is 7.06. The number of rotatable bonds is 7. The fourth-order valence-electron chi connectivity index (χ4n) is 5.05. The van der Waals surface area contributed by atoms with Crippen molar-refractivity contribution in [2.24, 2.45) is 12.5 Å². The van der Waals surface area contributed by atoms with Gasteiger partial charge in [0.2, 0.25) is 5.88 Å². The summed E-state index contributed by atoms with van der Waals surface area (Å²) >= 11 is 0. The first-order chi connectivity index (χ1) is 17.3. The van der Waals surface area contributed by atoms with Gasteiger partial charge in [-0.05, 0) is 50.7 Å². The van der Waals surface area contributed by atoms with Gasteiger partial charge in [0.05, 0.1) is 18.7 Å². The summed E-state index contributed by atoms with van der Waals surface area (Å²) in [7, 11) is 5.86. The van der Waals surface area contributed by atoms with Gasteiger partial charge in [-0.2, -0.15) is 0 Å². The lowest BCUT2D eigenvalue weighted by atomic mass is 9.81. The molecule has 5 rings (SSSR count). The zero-order valence-electron chi connectivity index (χ0n) is 21.7. The molecule has 9 nitrogen and oxygen atoms in total. The zero-order valence-corrected chi connectivity index (χ0v) is 21.7. The Morgan fingerprint density at radius 3 is 2.69 bits per heavy atom. The average molecular weight is 491 g/mol. The van der Waals surface area contributed by atoms with Gasteiger partial charge >= 0.3 is 5.69 Å². The second-order valence-electron chi connectivity index (χ2n) is 10.6. The Morgan fingerprint density at radius 1 is 1.17 bits per heavy atom. The Bertz CT molecular complexity index is 1440. The lowest BCUT2D eigenvalue weighted by Gasteiger charge is -2.38. The number of aromatic nitrogens is 5. The van der Waals surface area contributed by atoms with Crippen LogP contribution in [0.4, 0.5) is 0 Å². The van der Waals surface area contributed by atoms with Crippen LogP contribution in [-0.2, 0) is 11.8 Å². The average Bonchev–Trinajstić information content (AvgIpc) is 3.12. The van der Waals surface area contributed by atoms with Gasteiger partial charge in [-0.1, -0.05) is 19.9 Å². The highest BCUT2D eigenvalue weighted by Gasteiger charge is 2.37. The maximum Gasteiger partial charge on any atom is 0.330 e. The van der Waals surface area contributed by atoms with E-state index >= 15 is 0 Å². The minimum absolute atomic E-state index is 0.00380. The van der Waals surface area contributed by atoms with E-state index in [0.717, 1.165) is 46.9 Å². The van der Waals surface area contributed by atoms with Crippen molar-refractivity contribution in [3.63, 3.8) is 0 Å². The van der Waals surface area contributed by atoms with Gasteiger partial charge in [-0.15, -0.1) is 10.2 Å². The maximum atomic E-state index is 13.4. The monoisotopic (exact) mass is 490 g/mol. The summed E-state index contributed by atoms with van der Waals surface area (Å²) in [5, 5.41) is 9.75. The van der Waals surface area contributed by atoms with E-state index in [2.05, 4.69) is 54.1 Å². The first-order valence-electron chi connectivity index (χ1n) is 12.5. The van der Waals surface area contributed by atoms with Crippen molar-refractivity contribution in [3.05, 3.63) is 47.0 Å². The van der Waals surface area contributed by atoms with Crippen molar-refractivity contribution in [1.29, 1.82) is 0 Å². The number of hydrogen-bond donors (Lipinski definition) is 0. The number of fused-ring (bicyclic) bond motifs is 3. The molecule has 4 heterocycles. The number of imidazole rings is 1. The van der Waals surface area contributed by atoms with Gasteiger partial charge in [-0.25, -0.2) is 9.78 Å². The van der Waals surface area contributed by atoms with E-state index in [1.54, 1.807) is 11.6 Å². The van der Waals surface area contributed by atoms with Crippen molar-refractivity contribution in [3.8, 4) is 17.0 Å². The summed E-state index contributed by atoms with van der Waals surface area (Å²) in [5.41, 5.74) is 3.88. The molecular weight excluding hydrogens is 456 g/mol. The fourth-order valence-corrected chi connectivity index (χ4v) is 5.05. The molecule has 1 fully saturated rings. The number of nitrogens with zero attached hydrogens (tertiary/aromatic N) is 6. The third kappa shape index (κ3) is 4.49. The van der Waals surface area contributed by atoms with Crippen LogP contribution in [0.2, 0.25) is 0 Å². The normalized spacial score (nSPS) is 17.8. The summed E-state index contributed by atoms with van der Waals surface area (Å²) < 4.78 is 15.0. The molecule has 190 valence electrons. The minimum Gasteiger partial charge on any atom is -0.478 e. The Morgan fingerprint density at radius 2 is 1.97 bits per heavy atom. The van der Waals surface area contributed by atoms with E-state index in [9.17, 15) is 4.79 Å². The van der Waals surface area contributed by atoms with Crippen molar-refractivity contribution in [2.45, 2.75) is 32.7 Å². The van der Waals surface area contributed by atoms with E-state index < -0.39 is 0 Å². The topological polar surface area (TPSA) is 87.3 Å². The van der Waals surface area contributed by atoms with Crippen molar-refractivity contribution >= 4 is 22.1 Å². The minimum atomic E-state index is -0.185. The molecular formula is C27H34N6O3. The van der Waals surface area contributed by atoms with Crippen LogP contribution < -0.4 is 10.4 Å². The van der Waals surface area contributed by atoms with Crippen LogP contribution in [0.15, 0.2) is 41.3 Å². The van der Waals surface area contributed by atoms with Crippen LogP contribution in [0.1, 0.15) is 32.7 Å². The van der Waals surface area contributed by atoms with Crippen LogP contribution in [0, 0.1) is 5.41 Å². The zero-order chi connectivity index (χ0) is 25.4.